The molecule has 0 aliphatic rings. The molecule has 0 fully saturated rings. The molecule has 6 heteroatoms. The average Bonchev–Trinajstić information content (AvgIpc) is 2.67. The van der Waals surface area contributed by atoms with Crippen LogP contribution >= 0.6 is 34.8 Å². The summed E-state index contributed by atoms with van der Waals surface area (Å²) >= 11 is 18.5. The zero-order valence-electron chi connectivity index (χ0n) is 12.3. The van der Waals surface area contributed by atoms with E-state index in [-0.39, 0.29) is 6.04 Å². The first-order valence-corrected chi connectivity index (χ1v) is 7.85. The van der Waals surface area contributed by atoms with E-state index in [2.05, 4.69) is 10.4 Å². The minimum absolute atomic E-state index is 0.218. The van der Waals surface area contributed by atoms with Gasteiger partial charge >= 0.3 is 0 Å². The van der Waals surface area contributed by atoms with Crippen LogP contribution in [0.25, 0.3) is 0 Å². The highest BCUT2D eigenvalue weighted by Gasteiger charge is 2.17. The fraction of sp³-hybridized carbons (Fsp3) is 0.400. The molecule has 0 aliphatic heterocycles. The van der Waals surface area contributed by atoms with Crippen molar-refractivity contribution in [3.63, 3.8) is 0 Å². The zero-order chi connectivity index (χ0) is 15.6. The largest absolute Gasteiger partial charge is 0.316 e. The molecule has 0 spiro atoms. The Balaban J connectivity index is 2.17. The molecule has 1 N–H and O–H groups in total. The molecule has 1 aromatic carbocycles. The van der Waals surface area contributed by atoms with E-state index < -0.39 is 0 Å². The molecule has 2 aromatic rings. The third-order valence-electron chi connectivity index (χ3n) is 3.59. The number of hydrogen-bond acceptors (Lipinski definition) is 2. The predicted octanol–water partition coefficient (Wildman–Crippen LogP) is 4.06. The van der Waals surface area contributed by atoms with E-state index in [1.807, 2.05) is 37.8 Å². The molecular formula is C15H18Cl3N3. The van der Waals surface area contributed by atoms with E-state index in [9.17, 15) is 0 Å². The molecule has 0 radical (unpaired) electrons. The molecule has 1 heterocycles. The summed E-state index contributed by atoms with van der Waals surface area (Å²) in [5, 5.41) is 9.73. The first kappa shape index (κ1) is 16.6. The average molecular weight is 347 g/mol. The molecule has 1 unspecified atom stereocenters. The molecule has 1 aromatic heterocycles. The Hall–Kier alpha value is -0.740. The number of hydrogen-bond donors (Lipinski definition) is 1. The molecule has 0 saturated heterocycles. The number of halogens is 3. The van der Waals surface area contributed by atoms with Crippen LogP contribution in [0.3, 0.4) is 0 Å². The van der Waals surface area contributed by atoms with Gasteiger partial charge in [-0.25, -0.2) is 0 Å². The molecular weight excluding hydrogens is 329 g/mol. The zero-order valence-corrected chi connectivity index (χ0v) is 14.5. The molecule has 0 aliphatic carbocycles. The Bertz CT molecular complexity index is 637. The quantitative estimate of drug-likeness (QED) is 0.884. The van der Waals surface area contributed by atoms with Crippen LogP contribution in [-0.4, -0.2) is 22.9 Å². The number of rotatable bonds is 5. The van der Waals surface area contributed by atoms with Gasteiger partial charge in [-0.05, 0) is 38.1 Å². The molecule has 0 bridgehead atoms. The summed E-state index contributed by atoms with van der Waals surface area (Å²) in [6, 6.07) is 5.81. The SMILES string of the molecule is CNC(Cc1ccc(Cl)cc1Cl)Cc1c(Cl)c(C)nn1C. The Kier molecular flexibility index (Phi) is 5.55. The number of aryl methyl sites for hydroxylation is 2. The van der Waals surface area contributed by atoms with Gasteiger partial charge in [0.05, 0.1) is 16.4 Å². The van der Waals surface area contributed by atoms with Crippen molar-refractivity contribution in [3.8, 4) is 0 Å². The summed E-state index contributed by atoms with van der Waals surface area (Å²) in [7, 11) is 3.85. The number of nitrogens with one attached hydrogen (secondary N) is 1. The van der Waals surface area contributed by atoms with E-state index >= 15 is 0 Å². The Morgan fingerprint density at radius 3 is 2.48 bits per heavy atom. The van der Waals surface area contributed by atoms with Gasteiger partial charge in [-0.3, -0.25) is 4.68 Å². The molecule has 0 saturated carbocycles. The fourth-order valence-electron chi connectivity index (χ4n) is 2.36. The van der Waals surface area contributed by atoms with E-state index in [1.165, 1.54) is 0 Å². The van der Waals surface area contributed by atoms with Crippen LogP contribution in [0, 0.1) is 6.92 Å². The molecule has 114 valence electrons. The minimum Gasteiger partial charge on any atom is -0.316 e. The first-order chi connectivity index (χ1) is 9.92. The fourth-order valence-corrected chi connectivity index (χ4v) is 3.09. The van der Waals surface area contributed by atoms with Gasteiger partial charge in [0, 0.05) is 29.6 Å². The second-order valence-electron chi connectivity index (χ2n) is 5.10. The van der Waals surface area contributed by atoms with Crippen molar-refractivity contribution in [3.05, 3.63) is 50.2 Å². The highest BCUT2D eigenvalue weighted by atomic mass is 35.5. The number of nitrogens with zero attached hydrogens (tertiary/aromatic N) is 2. The summed E-state index contributed by atoms with van der Waals surface area (Å²) in [5.74, 6) is 0. The third-order valence-corrected chi connectivity index (χ3v) is 4.67. The lowest BCUT2D eigenvalue weighted by atomic mass is 10.0. The van der Waals surface area contributed by atoms with Crippen LogP contribution < -0.4 is 5.32 Å². The van der Waals surface area contributed by atoms with Gasteiger partial charge in [-0.15, -0.1) is 0 Å². The van der Waals surface area contributed by atoms with Gasteiger partial charge in [0.2, 0.25) is 0 Å². The number of aromatic nitrogens is 2. The van der Waals surface area contributed by atoms with Gasteiger partial charge in [0.1, 0.15) is 0 Å². The summed E-state index contributed by atoms with van der Waals surface area (Å²) in [5.41, 5.74) is 2.95. The van der Waals surface area contributed by atoms with Gasteiger partial charge in [-0.2, -0.15) is 5.10 Å². The highest BCUT2D eigenvalue weighted by Crippen LogP contribution is 2.25. The second kappa shape index (κ2) is 7.01. The lowest BCUT2D eigenvalue weighted by Gasteiger charge is -2.17. The van der Waals surface area contributed by atoms with E-state index in [1.54, 1.807) is 6.07 Å². The summed E-state index contributed by atoms with van der Waals surface area (Å²) < 4.78 is 1.84. The number of likely N-dealkylation sites (N-methyl/N-ethyl adjacent to an activating group) is 1. The molecule has 0 amide bonds. The predicted molar refractivity (Wildman–Crippen MR) is 89.7 cm³/mol. The van der Waals surface area contributed by atoms with Crippen LogP contribution in [0.5, 0.6) is 0 Å². The Morgan fingerprint density at radius 2 is 1.95 bits per heavy atom. The maximum atomic E-state index is 6.32. The molecule has 3 nitrogen and oxygen atoms in total. The first-order valence-electron chi connectivity index (χ1n) is 6.71. The third kappa shape index (κ3) is 3.92. The van der Waals surface area contributed by atoms with E-state index in [0.29, 0.717) is 10.0 Å². The lowest BCUT2D eigenvalue weighted by molar-refractivity contribution is 0.534. The van der Waals surface area contributed by atoms with Crippen molar-refractivity contribution in [1.82, 2.24) is 15.1 Å². The van der Waals surface area contributed by atoms with Crippen LogP contribution in [0.2, 0.25) is 15.1 Å². The maximum Gasteiger partial charge on any atom is 0.0847 e. The molecule has 21 heavy (non-hydrogen) atoms. The van der Waals surface area contributed by atoms with Crippen LogP contribution in [0.1, 0.15) is 17.0 Å². The maximum absolute atomic E-state index is 6.32. The lowest BCUT2D eigenvalue weighted by Crippen LogP contribution is -2.31. The topological polar surface area (TPSA) is 29.9 Å². The Labute approximate surface area is 140 Å². The van der Waals surface area contributed by atoms with Gasteiger partial charge in [0.25, 0.3) is 0 Å². The van der Waals surface area contributed by atoms with Crippen molar-refractivity contribution < 1.29 is 0 Å². The van der Waals surface area contributed by atoms with E-state index in [4.69, 9.17) is 34.8 Å². The smallest absolute Gasteiger partial charge is 0.0847 e. The monoisotopic (exact) mass is 345 g/mol. The van der Waals surface area contributed by atoms with Gasteiger partial charge in [-0.1, -0.05) is 40.9 Å². The number of benzene rings is 1. The van der Waals surface area contributed by atoms with Crippen molar-refractivity contribution in [1.29, 1.82) is 0 Å². The van der Waals surface area contributed by atoms with Crippen molar-refractivity contribution >= 4 is 34.8 Å². The van der Waals surface area contributed by atoms with Crippen LogP contribution in [0.4, 0.5) is 0 Å². The Morgan fingerprint density at radius 1 is 1.24 bits per heavy atom. The van der Waals surface area contributed by atoms with Gasteiger partial charge in [0.15, 0.2) is 0 Å². The second-order valence-corrected chi connectivity index (χ2v) is 6.32. The van der Waals surface area contributed by atoms with Crippen molar-refractivity contribution in [2.24, 2.45) is 7.05 Å². The normalized spacial score (nSPS) is 12.7. The van der Waals surface area contributed by atoms with E-state index in [0.717, 1.165) is 34.8 Å². The van der Waals surface area contributed by atoms with Crippen molar-refractivity contribution in [2.45, 2.75) is 25.8 Å². The molecule has 2 rings (SSSR count). The summed E-state index contributed by atoms with van der Waals surface area (Å²) in [4.78, 5) is 0. The van der Waals surface area contributed by atoms with Crippen molar-refractivity contribution in [2.75, 3.05) is 7.05 Å². The standard InChI is InChI=1S/C15H18Cl3N3/c1-9-15(18)14(21(3)20-9)8-12(19-2)6-10-4-5-11(16)7-13(10)17/h4-5,7,12,19H,6,8H2,1-3H3. The highest BCUT2D eigenvalue weighted by molar-refractivity contribution is 6.35. The van der Waals surface area contributed by atoms with Crippen LogP contribution in [-0.2, 0) is 19.9 Å². The van der Waals surface area contributed by atoms with Crippen LogP contribution in [0.15, 0.2) is 18.2 Å². The minimum atomic E-state index is 0.218. The summed E-state index contributed by atoms with van der Waals surface area (Å²) in [6.07, 6.45) is 1.58. The molecule has 1 atom stereocenters. The van der Waals surface area contributed by atoms with Gasteiger partial charge < -0.3 is 5.32 Å². The summed E-state index contributed by atoms with van der Waals surface area (Å²) in [6.45, 7) is 1.91.